The van der Waals surface area contributed by atoms with Gasteiger partial charge in [0.2, 0.25) is 6.79 Å². The Labute approximate surface area is 235 Å². The molecule has 1 atom stereocenters. The van der Waals surface area contributed by atoms with Crippen molar-refractivity contribution in [2.75, 3.05) is 18.3 Å². The summed E-state index contributed by atoms with van der Waals surface area (Å²) < 4.78 is 16.8. The van der Waals surface area contributed by atoms with Gasteiger partial charge in [-0.05, 0) is 59.7 Å². The van der Waals surface area contributed by atoms with Crippen LogP contribution in [0.15, 0.2) is 66.2 Å². The van der Waals surface area contributed by atoms with Gasteiger partial charge in [0.05, 0.1) is 18.2 Å². The fraction of sp³-hybridized carbons (Fsp3) is 0.333. The van der Waals surface area contributed by atoms with E-state index in [1.165, 1.54) is 4.90 Å². The van der Waals surface area contributed by atoms with Crippen molar-refractivity contribution in [1.82, 2.24) is 0 Å². The molecule has 0 saturated carbocycles. The number of anilines is 1. The normalized spacial score (nSPS) is 18.1. The van der Waals surface area contributed by atoms with E-state index in [1.807, 2.05) is 37.3 Å². The summed E-state index contributed by atoms with van der Waals surface area (Å²) in [4.78, 5) is 28.7. The Bertz CT molecular complexity index is 1500. The molecule has 40 heavy (non-hydrogen) atoms. The molecular weight excluding hydrogens is 506 g/mol. The summed E-state index contributed by atoms with van der Waals surface area (Å²) in [6.07, 6.45) is 0. The first-order chi connectivity index (χ1) is 19.0. The number of rotatable bonds is 6. The Morgan fingerprint density at radius 2 is 1.70 bits per heavy atom. The quantitative estimate of drug-likeness (QED) is 0.208. The Morgan fingerprint density at radius 3 is 2.35 bits per heavy atom. The third-order valence-corrected chi connectivity index (χ3v) is 7.36. The zero-order chi connectivity index (χ0) is 28.8. The topological polar surface area (TPSA) is 85.3 Å². The summed E-state index contributed by atoms with van der Waals surface area (Å²) in [5.74, 6) is 0.395. The number of ketones is 1. The maximum Gasteiger partial charge on any atom is 0.300 e. The van der Waals surface area contributed by atoms with Crippen LogP contribution in [0, 0.1) is 0 Å². The van der Waals surface area contributed by atoms with Crippen LogP contribution in [0.3, 0.4) is 0 Å². The van der Waals surface area contributed by atoms with Crippen molar-refractivity contribution < 1.29 is 28.9 Å². The second-order valence-electron chi connectivity index (χ2n) is 11.4. The van der Waals surface area contributed by atoms with Gasteiger partial charge in [-0.25, -0.2) is 0 Å². The number of benzene rings is 3. The molecule has 3 aromatic rings. The molecule has 7 nitrogen and oxygen atoms in total. The highest BCUT2D eigenvalue weighted by atomic mass is 16.7. The zero-order valence-corrected chi connectivity index (χ0v) is 23.8. The smallest absolute Gasteiger partial charge is 0.300 e. The molecule has 1 saturated heterocycles. The minimum atomic E-state index is -0.841. The van der Waals surface area contributed by atoms with E-state index in [2.05, 4.69) is 34.6 Å². The molecule has 2 aliphatic heterocycles. The fourth-order valence-electron chi connectivity index (χ4n) is 5.21. The van der Waals surface area contributed by atoms with E-state index in [9.17, 15) is 14.7 Å². The van der Waals surface area contributed by atoms with Gasteiger partial charge in [0.1, 0.15) is 11.5 Å². The lowest BCUT2D eigenvalue weighted by Crippen LogP contribution is -2.29. The molecule has 0 aliphatic carbocycles. The van der Waals surface area contributed by atoms with Crippen LogP contribution in [0.1, 0.15) is 75.8 Å². The van der Waals surface area contributed by atoms with Crippen LogP contribution >= 0.6 is 0 Å². The van der Waals surface area contributed by atoms with Crippen LogP contribution in [0.25, 0.3) is 5.76 Å². The van der Waals surface area contributed by atoms with Gasteiger partial charge in [-0.1, -0.05) is 58.9 Å². The number of Topliss-reactive ketones (excluding diaryl/α,β-unsaturated/α-hetero) is 1. The van der Waals surface area contributed by atoms with Gasteiger partial charge in [0.25, 0.3) is 11.7 Å². The van der Waals surface area contributed by atoms with E-state index >= 15 is 0 Å². The summed E-state index contributed by atoms with van der Waals surface area (Å²) in [6.45, 7) is 12.9. The molecule has 1 N–H and O–H groups in total. The van der Waals surface area contributed by atoms with Gasteiger partial charge >= 0.3 is 0 Å². The maximum absolute atomic E-state index is 13.7. The minimum Gasteiger partial charge on any atom is -0.507 e. The molecule has 3 aromatic carbocycles. The van der Waals surface area contributed by atoms with Gasteiger partial charge in [-0.3, -0.25) is 14.5 Å². The first-order valence-electron chi connectivity index (χ1n) is 13.6. The molecule has 2 heterocycles. The van der Waals surface area contributed by atoms with Gasteiger partial charge in [-0.15, -0.1) is 0 Å². The lowest BCUT2D eigenvalue weighted by atomic mass is 9.84. The highest BCUT2D eigenvalue weighted by Gasteiger charge is 2.47. The molecule has 2 aliphatic rings. The van der Waals surface area contributed by atoms with Gasteiger partial charge < -0.3 is 19.3 Å². The predicted octanol–water partition coefficient (Wildman–Crippen LogP) is 6.86. The third-order valence-electron chi connectivity index (χ3n) is 7.36. The molecule has 1 fully saturated rings. The van der Waals surface area contributed by atoms with Crippen molar-refractivity contribution in [3.63, 3.8) is 0 Å². The van der Waals surface area contributed by atoms with Crippen molar-refractivity contribution in [1.29, 1.82) is 0 Å². The molecule has 0 bridgehead atoms. The average Bonchev–Trinajstić information content (AvgIpc) is 3.49. The highest BCUT2D eigenvalue weighted by molar-refractivity contribution is 6.51. The molecule has 0 spiro atoms. The SMILES string of the molecule is CCOc1ccc(/C(O)=C2\C(=O)C(=O)N(c3ccc4c(c3)OCO4)C2c2ccc(C(C)C)cc2)cc1C(C)(C)C. The maximum atomic E-state index is 13.7. The lowest BCUT2D eigenvalue weighted by molar-refractivity contribution is -0.132. The summed E-state index contributed by atoms with van der Waals surface area (Å²) in [7, 11) is 0. The van der Waals surface area contributed by atoms with Crippen molar-refractivity contribution in [2.45, 2.75) is 58.9 Å². The summed E-state index contributed by atoms with van der Waals surface area (Å²) >= 11 is 0. The molecule has 0 aromatic heterocycles. The van der Waals surface area contributed by atoms with Crippen molar-refractivity contribution in [2.24, 2.45) is 0 Å². The van der Waals surface area contributed by atoms with E-state index in [4.69, 9.17) is 14.2 Å². The van der Waals surface area contributed by atoms with Crippen molar-refractivity contribution in [3.05, 3.63) is 88.5 Å². The standard InChI is InChI=1S/C33H35NO6/c1-7-38-25-14-12-22(16-24(25)33(4,5)6)30(35)28-29(21-10-8-20(9-11-21)19(2)3)34(32(37)31(28)36)23-13-15-26-27(17-23)40-18-39-26/h8-17,19,29,35H,7,18H2,1-6H3/b30-28+. The van der Waals surface area contributed by atoms with E-state index in [1.54, 1.807) is 30.3 Å². The third kappa shape index (κ3) is 4.81. The van der Waals surface area contributed by atoms with E-state index in [-0.39, 0.29) is 23.5 Å². The van der Waals surface area contributed by atoms with Crippen LogP contribution in [0.5, 0.6) is 17.2 Å². The van der Waals surface area contributed by atoms with Crippen molar-refractivity contribution in [3.8, 4) is 17.2 Å². The van der Waals surface area contributed by atoms with Gasteiger partial charge in [0, 0.05) is 22.9 Å². The fourth-order valence-corrected chi connectivity index (χ4v) is 5.21. The molecular formula is C33H35NO6. The Balaban J connectivity index is 1.70. The van der Waals surface area contributed by atoms with Crippen molar-refractivity contribution >= 4 is 23.1 Å². The number of fused-ring (bicyclic) bond motifs is 1. The molecule has 0 radical (unpaired) electrons. The average molecular weight is 542 g/mol. The van der Waals surface area contributed by atoms with E-state index in [0.717, 1.165) is 11.1 Å². The van der Waals surface area contributed by atoms with Crippen LogP contribution in [0.4, 0.5) is 5.69 Å². The first-order valence-corrected chi connectivity index (χ1v) is 13.6. The zero-order valence-electron chi connectivity index (χ0n) is 23.8. The first kappa shape index (κ1) is 27.3. The van der Waals surface area contributed by atoms with E-state index in [0.29, 0.717) is 46.6 Å². The second kappa shape index (κ2) is 10.4. The largest absolute Gasteiger partial charge is 0.507 e. The lowest BCUT2D eigenvalue weighted by Gasteiger charge is -2.26. The number of amides is 1. The molecule has 208 valence electrons. The van der Waals surface area contributed by atoms with E-state index < -0.39 is 17.7 Å². The Morgan fingerprint density at radius 1 is 1.00 bits per heavy atom. The summed E-state index contributed by atoms with van der Waals surface area (Å²) in [6, 6.07) is 17.5. The number of aliphatic hydroxyl groups excluding tert-OH is 1. The Kier molecular flexibility index (Phi) is 7.08. The molecule has 7 heteroatoms. The predicted molar refractivity (Wildman–Crippen MR) is 154 cm³/mol. The Hall–Kier alpha value is -4.26. The number of aliphatic hydroxyl groups is 1. The molecule has 1 amide bonds. The number of carbonyl (C=O) groups is 2. The van der Waals surface area contributed by atoms with Crippen LogP contribution < -0.4 is 19.1 Å². The van der Waals surface area contributed by atoms with Crippen LogP contribution in [-0.4, -0.2) is 30.2 Å². The number of hydrogen-bond acceptors (Lipinski definition) is 6. The number of hydrogen-bond donors (Lipinski definition) is 1. The summed E-state index contributed by atoms with van der Waals surface area (Å²) in [5, 5.41) is 11.7. The number of carbonyl (C=O) groups excluding carboxylic acids is 2. The number of ether oxygens (including phenoxy) is 3. The van der Waals surface area contributed by atoms with Crippen LogP contribution in [0.2, 0.25) is 0 Å². The highest BCUT2D eigenvalue weighted by Crippen LogP contribution is 2.45. The summed E-state index contributed by atoms with van der Waals surface area (Å²) in [5.41, 5.74) is 3.40. The monoisotopic (exact) mass is 541 g/mol. The van der Waals surface area contributed by atoms with Crippen LogP contribution in [-0.2, 0) is 15.0 Å². The van der Waals surface area contributed by atoms with Gasteiger partial charge in [-0.2, -0.15) is 0 Å². The molecule has 5 rings (SSSR count). The molecule has 1 unspecified atom stereocenters. The number of nitrogens with zero attached hydrogens (tertiary/aromatic N) is 1. The second-order valence-corrected chi connectivity index (χ2v) is 11.4. The minimum absolute atomic E-state index is 0.0315. The van der Waals surface area contributed by atoms with Gasteiger partial charge in [0.15, 0.2) is 11.5 Å².